The first-order chi connectivity index (χ1) is 10.8. The number of hydrogen-bond acceptors (Lipinski definition) is 2. The zero-order chi connectivity index (χ0) is 17.0. The van der Waals surface area contributed by atoms with Gasteiger partial charge in [0.2, 0.25) is 11.8 Å². The van der Waals surface area contributed by atoms with E-state index >= 15 is 0 Å². The summed E-state index contributed by atoms with van der Waals surface area (Å²) in [6.07, 6.45) is -0.411. The second-order valence-electron chi connectivity index (χ2n) is 4.53. The van der Waals surface area contributed by atoms with Gasteiger partial charge in [0, 0.05) is 15.7 Å². The van der Waals surface area contributed by atoms with Crippen LogP contribution in [0.4, 0.5) is 11.4 Å². The maximum atomic E-state index is 11.9. The lowest BCUT2D eigenvalue weighted by molar-refractivity contribution is -0.123. The van der Waals surface area contributed by atoms with Gasteiger partial charge in [-0.25, -0.2) is 0 Å². The molecule has 23 heavy (non-hydrogen) atoms. The number of amides is 2. The van der Waals surface area contributed by atoms with Crippen LogP contribution in [0.2, 0.25) is 20.1 Å². The van der Waals surface area contributed by atoms with Crippen molar-refractivity contribution in [2.45, 2.75) is 6.42 Å². The van der Waals surface area contributed by atoms with Crippen LogP contribution in [0.3, 0.4) is 0 Å². The molecule has 0 heterocycles. The number of para-hydroxylation sites is 1. The molecule has 2 aromatic carbocycles. The third-order valence-corrected chi connectivity index (χ3v) is 3.76. The Hall–Kier alpha value is -1.46. The van der Waals surface area contributed by atoms with Crippen molar-refractivity contribution in [3.63, 3.8) is 0 Å². The smallest absolute Gasteiger partial charge is 0.233 e. The third kappa shape index (κ3) is 5.29. The zero-order valence-corrected chi connectivity index (χ0v) is 14.5. The summed E-state index contributed by atoms with van der Waals surface area (Å²) < 4.78 is 0. The van der Waals surface area contributed by atoms with Gasteiger partial charge in [-0.2, -0.15) is 0 Å². The second kappa shape index (κ2) is 7.88. The average Bonchev–Trinajstić information content (AvgIpc) is 2.41. The highest BCUT2D eigenvalue weighted by molar-refractivity contribution is 6.40. The fraction of sp³-hybridized carbons (Fsp3) is 0.0667. The quantitative estimate of drug-likeness (QED) is 0.697. The molecule has 120 valence electrons. The maximum absolute atomic E-state index is 11.9. The molecular weight excluding hydrogens is 382 g/mol. The van der Waals surface area contributed by atoms with Crippen molar-refractivity contribution >= 4 is 69.6 Å². The van der Waals surface area contributed by atoms with E-state index in [0.717, 1.165) is 0 Å². The van der Waals surface area contributed by atoms with E-state index in [0.29, 0.717) is 15.7 Å². The van der Waals surface area contributed by atoms with Crippen molar-refractivity contribution < 1.29 is 9.59 Å². The van der Waals surface area contributed by atoms with E-state index in [1.165, 1.54) is 18.2 Å². The Morgan fingerprint density at radius 2 is 1.35 bits per heavy atom. The maximum Gasteiger partial charge on any atom is 0.233 e. The highest BCUT2D eigenvalue weighted by Gasteiger charge is 2.14. The molecule has 0 atom stereocenters. The minimum atomic E-state index is -0.550. The number of anilines is 2. The van der Waals surface area contributed by atoms with Gasteiger partial charge in [0.25, 0.3) is 0 Å². The highest BCUT2D eigenvalue weighted by atomic mass is 35.5. The summed E-state index contributed by atoms with van der Waals surface area (Å²) in [5.74, 6) is -1.07. The highest BCUT2D eigenvalue weighted by Crippen LogP contribution is 2.30. The normalized spacial score (nSPS) is 10.3. The minimum Gasteiger partial charge on any atom is -0.326 e. The van der Waals surface area contributed by atoms with Crippen LogP contribution in [-0.4, -0.2) is 11.8 Å². The van der Waals surface area contributed by atoms with Crippen molar-refractivity contribution in [3.8, 4) is 0 Å². The predicted molar refractivity (Wildman–Crippen MR) is 94.8 cm³/mol. The topological polar surface area (TPSA) is 58.2 Å². The summed E-state index contributed by atoms with van der Waals surface area (Å²) in [5.41, 5.74) is 0.663. The Bertz CT molecular complexity index is 725. The van der Waals surface area contributed by atoms with Gasteiger partial charge in [-0.05, 0) is 30.3 Å². The van der Waals surface area contributed by atoms with Crippen molar-refractivity contribution in [2.24, 2.45) is 0 Å². The van der Waals surface area contributed by atoms with Crippen LogP contribution < -0.4 is 10.6 Å². The zero-order valence-electron chi connectivity index (χ0n) is 11.5. The Morgan fingerprint density at radius 3 is 1.91 bits per heavy atom. The largest absolute Gasteiger partial charge is 0.326 e. The number of rotatable bonds is 4. The molecule has 0 unspecified atom stereocenters. The lowest BCUT2D eigenvalue weighted by atomic mass is 10.2. The van der Waals surface area contributed by atoms with Gasteiger partial charge in [-0.3, -0.25) is 9.59 Å². The van der Waals surface area contributed by atoms with E-state index in [-0.39, 0.29) is 15.7 Å². The lowest BCUT2D eigenvalue weighted by Crippen LogP contribution is -2.21. The Kier molecular flexibility index (Phi) is 6.13. The van der Waals surface area contributed by atoms with Crippen molar-refractivity contribution in [1.29, 1.82) is 0 Å². The van der Waals surface area contributed by atoms with Crippen LogP contribution in [0.1, 0.15) is 6.42 Å². The van der Waals surface area contributed by atoms with Gasteiger partial charge >= 0.3 is 0 Å². The van der Waals surface area contributed by atoms with Crippen LogP contribution in [0.25, 0.3) is 0 Å². The number of hydrogen-bond donors (Lipinski definition) is 2. The third-order valence-electron chi connectivity index (χ3n) is 2.69. The van der Waals surface area contributed by atoms with E-state index < -0.39 is 18.2 Å². The van der Waals surface area contributed by atoms with Crippen molar-refractivity contribution in [1.82, 2.24) is 0 Å². The van der Waals surface area contributed by atoms with Crippen LogP contribution in [0.5, 0.6) is 0 Å². The summed E-state index contributed by atoms with van der Waals surface area (Å²) in [6.45, 7) is 0. The minimum absolute atomic E-state index is 0.263. The molecule has 0 spiro atoms. The Balaban J connectivity index is 1.98. The molecule has 0 saturated carbocycles. The summed E-state index contributed by atoms with van der Waals surface area (Å²) >= 11 is 23.6. The summed E-state index contributed by atoms with van der Waals surface area (Å²) in [6, 6.07) is 9.39. The van der Waals surface area contributed by atoms with E-state index in [1.54, 1.807) is 18.2 Å². The summed E-state index contributed by atoms with van der Waals surface area (Å²) in [4.78, 5) is 23.8. The summed E-state index contributed by atoms with van der Waals surface area (Å²) in [5, 5.41) is 6.36. The first-order valence-corrected chi connectivity index (χ1v) is 7.86. The van der Waals surface area contributed by atoms with E-state index in [4.69, 9.17) is 46.4 Å². The molecule has 0 fully saturated rings. The van der Waals surface area contributed by atoms with E-state index in [9.17, 15) is 9.59 Å². The fourth-order valence-electron chi connectivity index (χ4n) is 1.78. The lowest BCUT2D eigenvalue weighted by Gasteiger charge is -2.10. The van der Waals surface area contributed by atoms with Gasteiger partial charge < -0.3 is 10.6 Å². The number of halogens is 4. The second-order valence-corrected chi connectivity index (χ2v) is 6.22. The molecule has 0 saturated heterocycles. The monoisotopic (exact) mass is 390 g/mol. The standard InChI is InChI=1S/C15H10Cl4N2O2/c16-8-4-9(17)6-10(5-8)20-13(22)7-14(23)21-15-11(18)2-1-3-12(15)19/h1-6H,7H2,(H,20,22)(H,21,23). The Labute approximate surface area is 152 Å². The van der Waals surface area contributed by atoms with Gasteiger partial charge in [0.1, 0.15) is 6.42 Å². The van der Waals surface area contributed by atoms with E-state index in [2.05, 4.69) is 10.6 Å². The van der Waals surface area contributed by atoms with Crippen LogP contribution in [0, 0.1) is 0 Å². The van der Waals surface area contributed by atoms with Crippen molar-refractivity contribution in [2.75, 3.05) is 10.6 Å². The molecular formula is C15H10Cl4N2O2. The molecule has 0 aliphatic rings. The number of carbonyl (C=O) groups is 2. The first kappa shape index (κ1) is 17.9. The molecule has 8 heteroatoms. The number of carbonyl (C=O) groups excluding carboxylic acids is 2. The first-order valence-electron chi connectivity index (χ1n) is 6.35. The average molecular weight is 392 g/mol. The molecule has 4 nitrogen and oxygen atoms in total. The van der Waals surface area contributed by atoms with Gasteiger partial charge in [-0.15, -0.1) is 0 Å². The van der Waals surface area contributed by atoms with Crippen molar-refractivity contribution in [3.05, 3.63) is 56.5 Å². The molecule has 0 radical (unpaired) electrons. The molecule has 0 aliphatic heterocycles. The van der Waals surface area contributed by atoms with Crippen LogP contribution in [0.15, 0.2) is 36.4 Å². The molecule has 2 rings (SSSR count). The Morgan fingerprint density at radius 1 is 0.826 bits per heavy atom. The predicted octanol–water partition coefficient (Wildman–Crippen LogP) is 5.27. The van der Waals surface area contributed by atoms with Gasteiger partial charge in [-0.1, -0.05) is 52.5 Å². The van der Waals surface area contributed by atoms with Crippen LogP contribution >= 0.6 is 46.4 Å². The van der Waals surface area contributed by atoms with E-state index in [1.807, 2.05) is 0 Å². The molecule has 0 bridgehead atoms. The number of nitrogens with one attached hydrogen (secondary N) is 2. The molecule has 0 aromatic heterocycles. The number of benzene rings is 2. The van der Waals surface area contributed by atoms with Crippen LogP contribution in [-0.2, 0) is 9.59 Å². The summed E-state index contributed by atoms with van der Waals surface area (Å²) in [7, 11) is 0. The molecule has 2 N–H and O–H groups in total. The SMILES string of the molecule is O=C(CC(=O)Nc1c(Cl)cccc1Cl)Nc1cc(Cl)cc(Cl)c1. The van der Waals surface area contributed by atoms with Gasteiger partial charge in [0.15, 0.2) is 0 Å². The van der Waals surface area contributed by atoms with Gasteiger partial charge in [0.05, 0.1) is 15.7 Å². The fourth-order valence-corrected chi connectivity index (χ4v) is 2.80. The molecule has 0 aliphatic carbocycles. The molecule has 2 aromatic rings. The molecule has 2 amide bonds.